The van der Waals surface area contributed by atoms with Gasteiger partial charge in [0, 0.05) is 32.6 Å². The molecule has 6 heteroatoms. The predicted molar refractivity (Wildman–Crippen MR) is 104 cm³/mol. The quantitative estimate of drug-likeness (QED) is 0.669. The van der Waals surface area contributed by atoms with Gasteiger partial charge in [-0.2, -0.15) is 13.2 Å². The second-order valence-corrected chi connectivity index (χ2v) is 8.12. The summed E-state index contributed by atoms with van der Waals surface area (Å²) in [5.74, 6) is 0.760. The number of piperidine rings is 1. The number of halogens is 3. The maximum Gasteiger partial charge on any atom is 0.416 e. The number of rotatable bonds is 6. The molecule has 1 aliphatic carbocycles. The zero-order valence-corrected chi connectivity index (χ0v) is 16.4. The van der Waals surface area contributed by atoms with E-state index >= 15 is 0 Å². The Bertz CT molecular complexity index is 693. The Hall–Kier alpha value is -1.82. The molecule has 0 N–H and O–H groups in total. The highest BCUT2D eigenvalue weighted by atomic mass is 19.4. The third kappa shape index (κ3) is 5.60. The summed E-state index contributed by atoms with van der Waals surface area (Å²) < 4.78 is 38.6. The molecule has 1 aromatic carbocycles. The van der Waals surface area contributed by atoms with Crippen molar-refractivity contribution in [2.75, 3.05) is 33.2 Å². The van der Waals surface area contributed by atoms with Gasteiger partial charge in [-0.05, 0) is 56.2 Å². The van der Waals surface area contributed by atoms with Gasteiger partial charge < -0.3 is 9.80 Å². The van der Waals surface area contributed by atoms with Crippen LogP contribution in [-0.2, 0) is 17.4 Å². The van der Waals surface area contributed by atoms with Crippen LogP contribution in [0.3, 0.4) is 0 Å². The Balaban J connectivity index is 1.48. The molecule has 0 spiro atoms. The molecule has 1 atom stereocenters. The second-order valence-electron chi connectivity index (χ2n) is 8.12. The van der Waals surface area contributed by atoms with Gasteiger partial charge >= 0.3 is 6.18 Å². The fraction of sp³-hybridized carbons (Fsp3) is 0.591. The third-order valence-corrected chi connectivity index (χ3v) is 5.84. The van der Waals surface area contributed by atoms with Gasteiger partial charge in [0.05, 0.1) is 5.56 Å². The number of hydrogen-bond donors (Lipinski definition) is 0. The van der Waals surface area contributed by atoms with Gasteiger partial charge in [-0.15, -0.1) is 0 Å². The summed E-state index contributed by atoms with van der Waals surface area (Å²) in [6, 6.07) is 5.62. The predicted octanol–water partition coefficient (Wildman–Crippen LogP) is 4.38. The van der Waals surface area contributed by atoms with Gasteiger partial charge in [0.25, 0.3) is 0 Å². The number of allylic oxidation sites excluding steroid dienone is 2. The van der Waals surface area contributed by atoms with Crippen LogP contribution in [0.1, 0.15) is 36.8 Å². The van der Waals surface area contributed by atoms with Crippen LogP contribution in [0.15, 0.2) is 36.4 Å². The van der Waals surface area contributed by atoms with E-state index in [0.717, 1.165) is 63.5 Å². The molecule has 1 amide bonds. The van der Waals surface area contributed by atoms with E-state index in [-0.39, 0.29) is 11.8 Å². The van der Waals surface area contributed by atoms with Crippen LogP contribution < -0.4 is 0 Å². The lowest BCUT2D eigenvalue weighted by atomic mass is 9.96. The summed E-state index contributed by atoms with van der Waals surface area (Å²) in [4.78, 5) is 16.7. The number of alkyl halides is 3. The molecule has 3 rings (SSSR count). The minimum Gasteiger partial charge on any atom is -0.345 e. The second kappa shape index (κ2) is 9.12. The average Bonchev–Trinajstić information content (AvgIpc) is 3.20. The number of likely N-dealkylation sites (tertiary alicyclic amines) is 1. The molecule has 2 aliphatic rings. The highest BCUT2D eigenvalue weighted by Gasteiger charge is 2.30. The van der Waals surface area contributed by atoms with Crippen LogP contribution in [-0.4, -0.2) is 48.9 Å². The van der Waals surface area contributed by atoms with Crippen molar-refractivity contribution in [2.24, 2.45) is 11.8 Å². The molecule has 0 unspecified atom stereocenters. The largest absolute Gasteiger partial charge is 0.416 e. The summed E-state index contributed by atoms with van der Waals surface area (Å²) >= 11 is 0. The lowest BCUT2D eigenvalue weighted by Crippen LogP contribution is -2.43. The Morgan fingerprint density at radius 3 is 2.71 bits per heavy atom. The van der Waals surface area contributed by atoms with Crippen LogP contribution in [0.25, 0.3) is 0 Å². The first-order valence-electron chi connectivity index (χ1n) is 10.1. The molecule has 1 heterocycles. The zero-order valence-electron chi connectivity index (χ0n) is 16.4. The molecule has 1 aromatic rings. The van der Waals surface area contributed by atoms with E-state index in [0.29, 0.717) is 12.3 Å². The molecule has 28 heavy (non-hydrogen) atoms. The van der Waals surface area contributed by atoms with E-state index in [1.807, 2.05) is 11.9 Å². The van der Waals surface area contributed by atoms with Crippen molar-refractivity contribution >= 4 is 5.91 Å². The Morgan fingerprint density at radius 2 is 2.00 bits per heavy atom. The van der Waals surface area contributed by atoms with Gasteiger partial charge in [-0.3, -0.25) is 4.79 Å². The van der Waals surface area contributed by atoms with Crippen LogP contribution in [0.5, 0.6) is 0 Å². The fourth-order valence-electron chi connectivity index (χ4n) is 4.30. The number of amides is 1. The van der Waals surface area contributed by atoms with Crippen molar-refractivity contribution in [3.8, 4) is 0 Å². The molecule has 0 bridgehead atoms. The smallest absolute Gasteiger partial charge is 0.345 e. The molecule has 1 aliphatic heterocycles. The van der Waals surface area contributed by atoms with Crippen molar-refractivity contribution in [1.29, 1.82) is 0 Å². The first kappa shape index (κ1) is 20.9. The minimum atomic E-state index is -4.29. The molecule has 1 fully saturated rings. The number of carbonyl (C=O) groups is 1. The summed E-state index contributed by atoms with van der Waals surface area (Å²) in [5, 5.41) is 0. The third-order valence-electron chi connectivity index (χ3n) is 5.84. The van der Waals surface area contributed by atoms with Crippen molar-refractivity contribution in [3.63, 3.8) is 0 Å². The van der Waals surface area contributed by atoms with Crippen LogP contribution in [0, 0.1) is 11.8 Å². The SMILES string of the molecule is CN(C[C@@H]1CCCN(CCc2cccc(C(F)(F)F)c2)C1)C(=O)C1CC=CC1. The van der Waals surface area contributed by atoms with E-state index in [1.165, 1.54) is 12.1 Å². The van der Waals surface area contributed by atoms with Gasteiger partial charge in [0.1, 0.15) is 0 Å². The minimum absolute atomic E-state index is 0.102. The summed E-state index contributed by atoms with van der Waals surface area (Å²) in [6.07, 6.45) is 4.32. The molecule has 1 saturated heterocycles. The topological polar surface area (TPSA) is 23.6 Å². The van der Waals surface area contributed by atoms with Crippen molar-refractivity contribution in [3.05, 3.63) is 47.5 Å². The van der Waals surface area contributed by atoms with Crippen molar-refractivity contribution < 1.29 is 18.0 Å². The molecule has 0 saturated carbocycles. The molecule has 154 valence electrons. The zero-order chi connectivity index (χ0) is 20.1. The van der Waals surface area contributed by atoms with Gasteiger partial charge in [0.15, 0.2) is 0 Å². The highest BCUT2D eigenvalue weighted by Crippen LogP contribution is 2.30. The summed E-state index contributed by atoms with van der Waals surface area (Å²) in [6.45, 7) is 3.39. The average molecular weight is 394 g/mol. The lowest BCUT2D eigenvalue weighted by Gasteiger charge is -2.35. The standard InChI is InChI=1S/C22H29F3N2O/c1-26(21(28)19-8-2-3-9-19)15-18-7-5-12-27(16-18)13-11-17-6-4-10-20(14-17)22(23,24)25/h2-4,6,10,14,18-19H,5,7-9,11-13,15-16H2,1H3/t18-/m0/s1. The van der Waals surface area contributed by atoms with Gasteiger partial charge in [-0.25, -0.2) is 0 Å². The molecule has 0 radical (unpaired) electrons. The fourth-order valence-corrected chi connectivity index (χ4v) is 4.30. The maximum absolute atomic E-state index is 12.9. The molecular weight excluding hydrogens is 365 g/mol. The van der Waals surface area contributed by atoms with E-state index in [9.17, 15) is 18.0 Å². The van der Waals surface area contributed by atoms with E-state index < -0.39 is 11.7 Å². The number of hydrogen-bond acceptors (Lipinski definition) is 2. The lowest BCUT2D eigenvalue weighted by molar-refractivity contribution is -0.137. The van der Waals surface area contributed by atoms with E-state index in [4.69, 9.17) is 0 Å². The molecular formula is C22H29F3N2O. The van der Waals surface area contributed by atoms with Gasteiger partial charge in [0.2, 0.25) is 5.91 Å². The number of carbonyl (C=O) groups excluding carboxylic acids is 1. The number of benzene rings is 1. The van der Waals surface area contributed by atoms with Crippen LogP contribution >= 0.6 is 0 Å². The summed E-state index contributed by atoms with van der Waals surface area (Å²) in [7, 11) is 1.89. The Morgan fingerprint density at radius 1 is 1.25 bits per heavy atom. The molecule has 0 aromatic heterocycles. The Kier molecular flexibility index (Phi) is 6.81. The first-order valence-corrected chi connectivity index (χ1v) is 10.1. The summed E-state index contributed by atoms with van der Waals surface area (Å²) in [5.41, 5.74) is 0.140. The monoisotopic (exact) mass is 394 g/mol. The van der Waals surface area contributed by atoms with Crippen molar-refractivity contribution in [1.82, 2.24) is 9.80 Å². The number of nitrogens with zero attached hydrogens (tertiary/aromatic N) is 2. The van der Waals surface area contributed by atoms with Crippen molar-refractivity contribution in [2.45, 2.75) is 38.3 Å². The maximum atomic E-state index is 12.9. The van der Waals surface area contributed by atoms with E-state index in [2.05, 4.69) is 17.1 Å². The van der Waals surface area contributed by atoms with Crippen LogP contribution in [0.4, 0.5) is 13.2 Å². The first-order chi connectivity index (χ1) is 13.3. The van der Waals surface area contributed by atoms with Gasteiger partial charge in [-0.1, -0.05) is 30.4 Å². The van der Waals surface area contributed by atoms with Crippen LogP contribution in [0.2, 0.25) is 0 Å². The normalized spacial score (nSPS) is 21.2. The molecule has 3 nitrogen and oxygen atoms in total. The Labute approximate surface area is 165 Å². The highest BCUT2D eigenvalue weighted by molar-refractivity contribution is 5.79. The van der Waals surface area contributed by atoms with E-state index in [1.54, 1.807) is 6.07 Å².